The van der Waals surface area contributed by atoms with Crippen LogP contribution in [0, 0.1) is 23.7 Å². The number of carbonyl (C=O) groups is 1. The Hall–Kier alpha value is -1.71. The van der Waals surface area contributed by atoms with Gasteiger partial charge in [-0.3, -0.25) is 4.79 Å². The van der Waals surface area contributed by atoms with E-state index in [1.807, 2.05) is 0 Å². The Bertz CT molecular complexity index is 540. The zero-order chi connectivity index (χ0) is 13.1. The fourth-order valence-corrected chi connectivity index (χ4v) is 4.42. The molecule has 0 saturated heterocycles. The minimum atomic E-state index is -0.247. The van der Waals surface area contributed by atoms with Crippen LogP contribution in [0.2, 0.25) is 0 Å². The lowest BCUT2D eigenvalue weighted by Gasteiger charge is -2.11. The van der Waals surface area contributed by atoms with Crippen molar-refractivity contribution in [3.05, 3.63) is 23.8 Å². The van der Waals surface area contributed by atoms with Gasteiger partial charge in [0.25, 0.3) is 5.91 Å². The predicted molar refractivity (Wildman–Crippen MR) is 68.8 cm³/mol. The monoisotopic (exact) mass is 259 g/mol. The van der Waals surface area contributed by atoms with E-state index in [1.165, 1.54) is 37.5 Å². The molecule has 0 aromatic heterocycles. The van der Waals surface area contributed by atoms with Gasteiger partial charge in [0, 0.05) is 11.6 Å². The zero-order valence-electron chi connectivity index (χ0n) is 10.5. The van der Waals surface area contributed by atoms with Gasteiger partial charge in [0.1, 0.15) is 0 Å². The Kier molecular flexibility index (Phi) is 2.14. The molecule has 4 unspecified atom stereocenters. The summed E-state index contributed by atoms with van der Waals surface area (Å²) >= 11 is 0. The van der Waals surface area contributed by atoms with E-state index in [2.05, 4.69) is 5.32 Å². The van der Waals surface area contributed by atoms with Crippen molar-refractivity contribution in [2.24, 2.45) is 23.7 Å². The molecular formula is C15H17NO3. The lowest BCUT2D eigenvalue weighted by Crippen LogP contribution is -2.29. The lowest BCUT2D eigenvalue weighted by atomic mass is 10.0. The fraction of sp³-hybridized carbons (Fsp3) is 0.533. The van der Waals surface area contributed by atoms with Gasteiger partial charge in [-0.1, -0.05) is 0 Å². The minimum Gasteiger partial charge on any atom is -0.504 e. The van der Waals surface area contributed by atoms with Crippen LogP contribution < -0.4 is 5.32 Å². The Balaban J connectivity index is 1.46. The molecule has 3 N–H and O–H groups in total. The first-order valence-corrected chi connectivity index (χ1v) is 6.98. The summed E-state index contributed by atoms with van der Waals surface area (Å²) in [4.78, 5) is 12.1. The molecule has 4 heteroatoms. The molecule has 19 heavy (non-hydrogen) atoms. The highest BCUT2D eigenvalue weighted by atomic mass is 16.3. The number of hydrogen-bond acceptors (Lipinski definition) is 3. The zero-order valence-corrected chi connectivity index (χ0v) is 10.5. The first-order chi connectivity index (χ1) is 9.15. The van der Waals surface area contributed by atoms with E-state index < -0.39 is 0 Å². The largest absolute Gasteiger partial charge is 0.504 e. The van der Waals surface area contributed by atoms with E-state index in [1.54, 1.807) is 0 Å². The number of rotatable bonds is 2. The van der Waals surface area contributed by atoms with E-state index in [9.17, 15) is 15.0 Å². The third-order valence-corrected chi connectivity index (χ3v) is 5.27. The third-order valence-electron chi connectivity index (χ3n) is 5.27. The molecule has 3 aliphatic rings. The van der Waals surface area contributed by atoms with E-state index in [-0.39, 0.29) is 17.4 Å². The van der Waals surface area contributed by atoms with Gasteiger partial charge >= 0.3 is 0 Å². The molecule has 100 valence electrons. The number of phenolic OH excluding ortho intramolecular Hbond substituents is 2. The number of phenols is 2. The van der Waals surface area contributed by atoms with Crippen LogP contribution in [0.4, 0.5) is 0 Å². The van der Waals surface area contributed by atoms with Crippen molar-refractivity contribution in [1.82, 2.24) is 5.32 Å². The second-order valence-electron chi connectivity index (χ2n) is 6.19. The molecule has 0 heterocycles. The van der Waals surface area contributed by atoms with Crippen molar-refractivity contribution in [2.75, 3.05) is 0 Å². The molecule has 1 aromatic carbocycles. The SMILES string of the molecule is O=C(NC1C2C3CCC(C3)C12)c1ccc(O)c(O)c1. The van der Waals surface area contributed by atoms with Crippen LogP contribution in [-0.2, 0) is 0 Å². The minimum absolute atomic E-state index is 0.144. The van der Waals surface area contributed by atoms with Gasteiger partial charge in [0.2, 0.25) is 0 Å². The maximum absolute atomic E-state index is 12.1. The lowest BCUT2D eigenvalue weighted by molar-refractivity contribution is 0.0944. The van der Waals surface area contributed by atoms with E-state index in [0.29, 0.717) is 23.4 Å². The molecule has 2 bridgehead atoms. The summed E-state index contributed by atoms with van der Waals surface area (Å²) in [5.74, 6) is 2.47. The number of fused-ring (bicyclic) bond motifs is 5. The normalized spacial score (nSPS) is 38.0. The average molecular weight is 259 g/mol. The summed E-state index contributed by atoms with van der Waals surface area (Å²) in [6, 6.07) is 4.55. The predicted octanol–water partition coefficient (Wildman–Crippen LogP) is 1.87. The number of carbonyl (C=O) groups excluding carboxylic acids is 1. The summed E-state index contributed by atoms with van der Waals surface area (Å²) < 4.78 is 0. The number of hydrogen-bond donors (Lipinski definition) is 3. The summed E-state index contributed by atoms with van der Waals surface area (Å²) in [6.07, 6.45) is 4.03. The number of nitrogens with one attached hydrogen (secondary N) is 1. The molecular weight excluding hydrogens is 242 g/mol. The first-order valence-electron chi connectivity index (χ1n) is 6.98. The van der Waals surface area contributed by atoms with Crippen LogP contribution in [0.25, 0.3) is 0 Å². The smallest absolute Gasteiger partial charge is 0.251 e. The molecule has 3 aliphatic carbocycles. The van der Waals surface area contributed by atoms with Crippen molar-refractivity contribution >= 4 is 5.91 Å². The van der Waals surface area contributed by atoms with E-state index in [0.717, 1.165) is 11.8 Å². The average Bonchev–Trinajstić information content (AvgIpc) is 2.81. The summed E-state index contributed by atoms with van der Waals surface area (Å²) in [5.41, 5.74) is 0.410. The Morgan fingerprint density at radius 2 is 1.79 bits per heavy atom. The van der Waals surface area contributed by atoms with Crippen molar-refractivity contribution in [1.29, 1.82) is 0 Å². The standard InChI is InChI=1S/C15H17NO3/c17-10-4-3-9(6-11(10)18)15(19)16-14-12-7-1-2-8(5-7)13(12)14/h3-4,6-8,12-14,17-18H,1-2,5H2,(H,16,19). The number of amides is 1. The highest BCUT2D eigenvalue weighted by molar-refractivity contribution is 5.95. The molecule has 0 radical (unpaired) electrons. The second-order valence-corrected chi connectivity index (χ2v) is 6.19. The molecule has 4 atom stereocenters. The van der Waals surface area contributed by atoms with Gasteiger partial charge in [-0.25, -0.2) is 0 Å². The summed E-state index contributed by atoms with van der Waals surface area (Å²) in [7, 11) is 0. The molecule has 0 aliphatic heterocycles. The fourth-order valence-electron chi connectivity index (χ4n) is 4.42. The highest BCUT2D eigenvalue weighted by Gasteiger charge is 2.65. The van der Waals surface area contributed by atoms with Crippen molar-refractivity contribution < 1.29 is 15.0 Å². The molecule has 3 fully saturated rings. The maximum Gasteiger partial charge on any atom is 0.251 e. The van der Waals surface area contributed by atoms with Crippen LogP contribution in [0.3, 0.4) is 0 Å². The van der Waals surface area contributed by atoms with Gasteiger partial charge in [-0.15, -0.1) is 0 Å². The molecule has 4 nitrogen and oxygen atoms in total. The van der Waals surface area contributed by atoms with E-state index in [4.69, 9.17) is 0 Å². The van der Waals surface area contributed by atoms with Gasteiger partial charge in [0.15, 0.2) is 11.5 Å². The highest BCUT2D eigenvalue weighted by Crippen LogP contribution is 2.65. The number of aromatic hydroxyl groups is 2. The molecule has 4 rings (SSSR count). The number of benzene rings is 1. The third kappa shape index (κ3) is 1.55. The van der Waals surface area contributed by atoms with Crippen LogP contribution in [0.1, 0.15) is 29.6 Å². The quantitative estimate of drug-likeness (QED) is 0.710. The molecule has 1 aromatic rings. The van der Waals surface area contributed by atoms with Crippen molar-refractivity contribution in [3.63, 3.8) is 0 Å². The summed E-state index contributed by atoms with van der Waals surface area (Å²) in [6.45, 7) is 0. The van der Waals surface area contributed by atoms with Crippen LogP contribution >= 0.6 is 0 Å². The van der Waals surface area contributed by atoms with Crippen molar-refractivity contribution in [3.8, 4) is 11.5 Å². The van der Waals surface area contributed by atoms with Crippen LogP contribution in [0.15, 0.2) is 18.2 Å². The molecule has 1 amide bonds. The van der Waals surface area contributed by atoms with Gasteiger partial charge in [-0.2, -0.15) is 0 Å². The van der Waals surface area contributed by atoms with Gasteiger partial charge < -0.3 is 15.5 Å². The van der Waals surface area contributed by atoms with Crippen LogP contribution in [0.5, 0.6) is 11.5 Å². The van der Waals surface area contributed by atoms with Gasteiger partial charge in [0.05, 0.1) is 0 Å². The van der Waals surface area contributed by atoms with E-state index >= 15 is 0 Å². The second kappa shape index (κ2) is 3.65. The molecule has 0 spiro atoms. The summed E-state index contributed by atoms with van der Waals surface area (Å²) in [5, 5.41) is 21.8. The molecule has 3 saturated carbocycles. The van der Waals surface area contributed by atoms with Crippen LogP contribution in [-0.4, -0.2) is 22.2 Å². The Morgan fingerprint density at radius 3 is 2.42 bits per heavy atom. The Labute approximate surface area is 111 Å². The Morgan fingerprint density at radius 1 is 1.11 bits per heavy atom. The first kappa shape index (κ1) is 11.1. The maximum atomic E-state index is 12.1. The van der Waals surface area contributed by atoms with Gasteiger partial charge in [-0.05, 0) is 61.1 Å². The van der Waals surface area contributed by atoms with Crippen molar-refractivity contribution in [2.45, 2.75) is 25.3 Å². The topological polar surface area (TPSA) is 69.6 Å².